The molecule has 1 unspecified atom stereocenters. The van der Waals surface area contributed by atoms with Crippen molar-refractivity contribution >= 4 is 11.5 Å². The second-order valence-electron chi connectivity index (χ2n) is 5.29. The van der Waals surface area contributed by atoms with Crippen molar-refractivity contribution in [3.63, 3.8) is 0 Å². The quantitative estimate of drug-likeness (QED) is 0.776. The van der Waals surface area contributed by atoms with Crippen LogP contribution < -0.4 is 4.90 Å². The Morgan fingerprint density at radius 3 is 2.95 bits per heavy atom. The number of ketones is 1. The molecule has 100 valence electrons. The second-order valence-corrected chi connectivity index (χ2v) is 5.29. The molecule has 1 aromatic carbocycles. The van der Waals surface area contributed by atoms with Crippen LogP contribution in [0.1, 0.15) is 49.0 Å². The zero-order chi connectivity index (χ0) is 13.8. The summed E-state index contributed by atoms with van der Waals surface area (Å²) in [5, 5.41) is 9.02. The Hall–Kier alpha value is -1.82. The van der Waals surface area contributed by atoms with Crippen LogP contribution in [0.4, 0.5) is 5.69 Å². The number of hydrogen-bond donors (Lipinski definition) is 0. The molecule has 3 heteroatoms. The first-order valence-electron chi connectivity index (χ1n) is 6.95. The minimum atomic E-state index is 0.0680. The van der Waals surface area contributed by atoms with Crippen molar-refractivity contribution in [2.24, 2.45) is 5.92 Å². The van der Waals surface area contributed by atoms with E-state index in [1.54, 1.807) is 19.1 Å². The van der Waals surface area contributed by atoms with E-state index < -0.39 is 0 Å². The summed E-state index contributed by atoms with van der Waals surface area (Å²) in [5.41, 5.74) is 2.29. The normalized spacial score (nSPS) is 18.4. The zero-order valence-electron chi connectivity index (χ0n) is 11.6. The van der Waals surface area contributed by atoms with Crippen LogP contribution in [0.5, 0.6) is 0 Å². The number of Topliss-reactive ketones (excluding diaryl/α,β-unsaturated/α-hetero) is 1. The lowest BCUT2D eigenvalue weighted by Gasteiger charge is -2.21. The zero-order valence-corrected chi connectivity index (χ0v) is 11.6. The van der Waals surface area contributed by atoms with E-state index in [9.17, 15) is 4.79 Å². The number of nitriles is 1. The van der Waals surface area contributed by atoms with Crippen LogP contribution >= 0.6 is 0 Å². The van der Waals surface area contributed by atoms with Gasteiger partial charge in [0.2, 0.25) is 0 Å². The lowest BCUT2D eigenvalue weighted by Crippen LogP contribution is -2.22. The third-order valence-electron chi connectivity index (χ3n) is 3.83. The minimum Gasteiger partial charge on any atom is -0.371 e. The van der Waals surface area contributed by atoms with Crippen molar-refractivity contribution < 1.29 is 4.79 Å². The predicted molar refractivity (Wildman–Crippen MR) is 76.4 cm³/mol. The Bertz CT molecular complexity index is 516. The summed E-state index contributed by atoms with van der Waals surface area (Å²) in [6.07, 6.45) is 3.63. The van der Waals surface area contributed by atoms with Gasteiger partial charge in [-0.15, -0.1) is 0 Å². The number of anilines is 1. The van der Waals surface area contributed by atoms with E-state index in [0.717, 1.165) is 30.3 Å². The van der Waals surface area contributed by atoms with Gasteiger partial charge in [-0.05, 0) is 43.9 Å². The summed E-state index contributed by atoms with van der Waals surface area (Å²) < 4.78 is 0. The Kier molecular flexibility index (Phi) is 4.21. The van der Waals surface area contributed by atoms with Gasteiger partial charge in [-0.2, -0.15) is 5.26 Å². The van der Waals surface area contributed by atoms with Gasteiger partial charge in [0.1, 0.15) is 0 Å². The highest BCUT2D eigenvalue weighted by atomic mass is 16.1. The average Bonchev–Trinajstić information content (AvgIpc) is 2.87. The van der Waals surface area contributed by atoms with E-state index in [0.29, 0.717) is 5.56 Å². The molecular weight excluding hydrogens is 236 g/mol. The molecule has 3 nitrogen and oxygen atoms in total. The van der Waals surface area contributed by atoms with Gasteiger partial charge in [0, 0.05) is 24.3 Å². The number of carbonyl (C=O) groups excluding carboxylic acids is 1. The minimum absolute atomic E-state index is 0.0680. The van der Waals surface area contributed by atoms with Crippen LogP contribution in [0.25, 0.3) is 0 Å². The summed E-state index contributed by atoms with van der Waals surface area (Å²) in [6.45, 7) is 5.78. The number of rotatable bonds is 4. The number of nitrogens with zero attached hydrogens (tertiary/aromatic N) is 2. The molecule has 2 rings (SSSR count). The molecule has 1 aromatic rings. The molecule has 1 heterocycles. The first kappa shape index (κ1) is 13.6. The Labute approximate surface area is 114 Å². The molecule has 0 aliphatic carbocycles. The fraction of sp³-hybridized carbons (Fsp3) is 0.500. The molecule has 1 saturated heterocycles. The topological polar surface area (TPSA) is 44.1 Å². The van der Waals surface area contributed by atoms with E-state index in [2.05, 4.69) is 17.9 Å². The third-order valence-corrected chi connectivity index (χ3v) is 3.83. The van der Waals surface area contributed by atoms with Crippen LogP contribution in [-0.4, -0.2) is 18.9 Å². The molecule has 0 N–H and O–H groups in total. The van der Waals surface area contributed by atoms with E-state index in [4.69, 9.17) is 5.26 Å². The molecule has 0 aromatic heterocycles. The van der Waals surface area contributed by atoms with Gasteiger partial charge in [-0.3, -0.25) is 4.79 Å². The largest absolute Gasteiger partial charge is 0.371 e. The third kappa shape index (κ3) is 2.96. The molecule has 0 amide bonds. The highest BCUT2D eigenvalue weighted by Crippen LogP contribution is 2.30. The van der Waals surface area contributed by atoms with Crippen molar-refractivity contribution in [3.8, 4) is 6.07 Å². The SMILES string of the molecule is CCCC1CCN(c2cc(C#N)ccc2C(C)=O)C1. The maximum atomic E-state index is 11.7. The molecule has 0 bridgehead atoms. The van der Waals surface area contributed by atoms with Crippen molar-refractivity contribution in [3.05, 3.63) is 29.3 Å². The lowest BCUT2D eigenvalue weighted by molar-refractivity contribution is 0.101. The second kappa shape index (κ2) is 5.88. The van der Waals surface area contributed by atoms with E-state index in [1.165, 1.54) is 19.3 Å². The van der Waals surface area contributed by atoms with Gasteiger partial charge < -0.3 is 4.90 Å². The first-order valence-corrected chi connectivity index (χ1v) is 6.95. The van der Waals surface area contributed by atoms with Gasteiger partial charge >= 0.3 is 0 Å². The Morgan fingerprint density at radius 2 is 2.32 bits per heavy atom. The van der Waals surface area contributed by atoms with E-state index in [-0.39, 0.29) is 5.78 Å². The molecular formula is C16H20N2O. The average molecular weight is 256 g/mol. The van der Waals surface area contributed by atoms with Crippen LogP contribution in [0, 0.1) is 17.2 Å². The van der Waals surface area contributed by atoms with E-state index >= 15 is 0 Å². The maximum Gasteiger partial charge on any atom is 0.161 e. The highest BCUT2D eigenvalue weighted by Gasteiger charge is 2.24. The summed E-state index contributed by atoms with van der Waals surface area (Å²) >= 11 is 0. The maximum absolute atomic E-state index is 11.7. The first-order chi connectivity index (χ1) is 9.15. The molecule has 1 aliphatic rings. The summed E-state index contributed by atoms with van der Waals surface area (Å²) in [7, 11) is 0. The Morgan fingerprint density at radius 1 is 1.53 bits per heavy atom. The summed E-state index contributed by atoms with van der Waals surface area (Å²) in [5.74, 6) is 0.786. The van der Waals surface area contributed by atoms with Gasteiger partial charge in [-0.1, -0.05) is 13.3 Å². The summed E-state index contributed by atoms with van der Waals surface area (Å²) in [4.78, 5) is 14.0. The van der Waals surface area contributed by atoms with Crippen molar-refractivity contribution in [1.82, 2.24) is 0 Å². The molecule has 1 fully saturated rings. The molecule has 1 atom stereocenters. The molecule has 0 spiro atoms. The van der Waals surface area contributed by atoms with Gasteiger partial charge in [-0.25, -0.2) is 0 Å². The van der Waals surface area contributed by atoms with Gasteiger partial charge in [0.25, 0.3) is 0 Å². The van der Waals surface area contributed by atoms with Crippen LogP contribution in [0.15, 0.2) is 18.2 Å². The van der Waals surface area contributed by atoms with Crippen molar-refractivity contribution in [2.75, 3.05) is 18.0 Å². The number of benzene rings is 1. The molecule has 0 radical (unpaired) electrons. The van der Waals surface area contributed by atoms with Crippen LogP contribution in [0.2, 0.25) is 0 Å². The van der Waals surface area contributed by atoms with E-state index in [1.807, 2.05) is 6.07 Å². The predicted octanol–water partition coefficient (Wildman–Crippen LogP) is 3.39. The smallest absolute Gasteiger partial charge is 0.161 e. The van der Waals surface area contributed by atoms with Crippen LogP contribution in [0.3, 0.4) is 0 Å². The van der Waals surface area contributed by atoms with Gasteiger partial charge in [0.15, 0.2) is 5.78 Å². The highest BCUT2D eigenvalue weighted by molar-refractivity contribution is 6.00. The van der Waals surface area contributed by atoms with Crippen molar-refractivity contribution in [2.45, 2.75) is 33.1 Å². The fourth-order valence-electron chi connectivity index (χ4n) is 2.86. The van der Waals surface area contributed by atoms with Crippen LogP contribution in [-0.2, 0) is 0 Å². The fourth-order valence-corrected chi connectivity index (χ4v) is 2.86. The van der Waals surface area contributed by atoms with Crippen molar-refractivity contribution in [1.29, 1.82) is 5.26 Å². The lowest BCUT2D eigenvalue weighted by atomic mass is 10.0. The molecule has 19 heavy (non-hydrogen) atoms. The van der Waals surface area contributed by atoms with Gasteiger partial charge in [0.05, 0.1) is 11.6 Å². The standard InChI is InChI=1S/C16H20N2O/c1-3-4-13-7-8-18(11-13)16-9-14(10-17)5-6-15(16)12(2)19/h5-6,9,13H,3-4,7-8,11H2,1-2H3. The molecule has 1 aliphatic heterocycles. The number of hydrogen-bond acceptors (Lipinski definition) is 3. The number of carbonyl (C=O) groups is 1. The summed E-state index contributed by atoms with van der Waals surface area (Å²) in [6, 6.07) is 7.51. The molecule has 0 saturated carbocycles. The monoisotopic (exact) mass is 256 g/mol. The Balaban J connectivity index is 2.28.